The number of ether oxygens (including phenoxy) is 1. The first-order valence-corrected chi connectivity index (χ1v) is 9.41. The van der Waals surface area contributed by atoms with Crippen molar-refractivity contribution < 1.29 is 9.53 Å². The minimum atomic E-state index is -0.0199. The number of carbonyl (C=O) groups is 1. The number of rotatable bonds is 4. The van der Waals surface area contributed by atoms with Crippen molar-refractivity contribution in [3.05, 3.63) is 59.5 Å². The van der Waals surface area contributed by atoms with Gasteiger partial charge in [0.05, 0.1) is 5.69 Å². The van der Waals surface area contributed by atoms with Crippen molar-refractivity contribution in [2.45, 2.75) is 12.8 Å². The maximum atomic E-state index is 12.6. The quantitative estimate of drug-likeness (QED) is 0.764. The Balaban J connectivity index is 1.41. The molecule has 1 aromatic heterocycles. The molecule has 0 spiro atoms. The molecule has 26 heavy (non-hydrogen) atoms. The molecule has 3 aromatic rings. The molecule has 0 atom stereocenters. The van der Waals surface area contributed by atoms with E-state index in [0.29, 0.717) is 10.9 Å². The summed E-state index contributed by atoms with van der Waals surface area (Å²) in [4.78, 5) is 18.7. The zero-order chi connectivity index (χ0) is 17.9. The van der Waals surface area contributed by atoms with Gasteiger partial charge < -0.3 is 15.4 Å². The average molecular weight is 365 g/mol. The number of hydrogen-bond acceptors (Lipinski definition) is 5. The van der Waals surface area contributed by atoms with Gasteiger partial charge in [-0.15, -0.1) is 11.3 Å². The molecule has 5 nitrogen and oxygen atoms in total. The molecule has 6 heteroatoms. The van der Waals surface area contributed by atoms with Crippen LogP contribution in [0.3, 0.4) is 0 Å². The van der Waals surface area contributed by atoms with Crippen molar-refractivity contribution in [2.24, 2.45) is 0 Å². The van der Waals surface area contributed by atoms with Gasteiger partial charge in [-0.1, -0.05) is 18.2 Å². The van der Waals surface area contributed by atoms with E-state index in [1.54, 1.807) is 0 Å². The Morgan fingerprint density at radius 3 is 2.77 bits per heavy atom. The third-order valence-corrected chi connectivity index (χ3v) is 5.12. The number of para-hydroxylation sites is 1. The van der Waals surface area contributed by atoms with Crippen LogP contribution in [0.2, 0.25) is 0 Å². The summed E-state index contributed by atoms with van der Waals surface area (Å²) in [6, 6.07) is 15.6. The number of aryl methyl sites for hydroxylation is 1. The van der Waals surface area contributed by atoms with Gasteiger partial charge in [0, 0.05) is 23.2 Å². The minimum Gasteiger partial charge on any atom is -0.484 e. The van der Waals surface area contributed by atoms with E-state index in [0.717, 1.165) is 36.3 Å². The minimum absolute atomic E-state index is 0.0199. The fraction of sp³-hybridized carbons (Fsp3) is 0.200. The number of thiazole rings is 1. The summed E-state index contributed by atoms with van der Waals surface area (Å²) in [5.41, 5.74) is 9.72. The van der Waals surface area contributed by atoms with Crippen LogP contribution in [0.15, 0.2) is 53.9 Å². The Morgan fingerprint density at radius 2 is 2.00 bits per heavy atom. The van der Waals surface area contributed by atoms with Crippen LogP contribution in [-0.2, 0) is 11.2 Å². The van der Waals surface area contributed by atoms with E-state index in [4.69, 9.17) is 10.5 Å². The third-order valence-electron chi connectivity index (χ3n) is 4.45. The fourth-order valence-electron chi connectivity index (χ4n) is 3.16. The maximum absolute atomic E-state index is 12.6. The molecule has 1 aliphatic rings. The van der Waals surface area contributed by atoms with Gasteiger partial charge in [-0.3, -0.25) is 4.79 Å². The van der Waals surface area contributed by atoms with E-state index in [1.165, 1.54) is 16.9 Å². The number of amides is 1. The summed E-state index contributed by atoms with van der Waals surface area (Å²) < 4.78 is 5.70. The predicted molar refractivity (Wildman–Crippen MR) is 105 cm³/mol. The molecule has 4 rings (SSSR count). The first-order valence-electron chi connectivity index (χ1n) is 8.53. The molecule has 1 aliphatic heterocycles. The molecule has 132 valence electrons. The SMILES string of the molecule is Nc1nc(-c2ccc(OCC(=O)N3CCCc4ccccc43)cc2)cs1. The summed E-state index contributed by atoms with van der Waals surface area (Å²) in [5.74, 6) is 0.643. The van der Waals surface area contributed by atoms with Crippen molar-refractivity contribution in [1.82, 2.24) is 4.98 Å². The van der Waals surface area contributed by atoms with Gasteiger partial charge in [-0.25, -0.2) is 4.98 Å². The monoisotopic (exact) mass is 365 g/mol. The zero-order valence-corrected chi connectivity index (χ0v) is 15.0. The summed E-state index contributed by atoms with van der Waals surface area (Å²) in [6.45, 7) is 0.765. The molecular weight excluding hydrogens is 346 g/mol. The largest absolute Gasteiger partial charge is 0.484 e. The van der Waals surface area contributed by atoms with Crippen LogP contribution >= 0.6 is 11.3 Å². The second-order valence-corrected chi connectivity index (χ2v) is 7.05. The second-order valence-electron chi connectivity index (χ2n) is 6.16. The van der Waals surface area contributed by atoms with E-state index in [1.807, 2.05) is 52.7 Å². The van der Waals surface area contributed by atoms with Gasteiger partial charge in [-0.05, 0) is 48.7 Å². The van der Waals surface area contributed by atoms with Crippen molar-refractivity contribution >= 4 is 28.1 Å². The molecule has 2 heterocycles. The molecule has 2 N–H and O–H groups in total. The Hall–Kier alpha value is -2.86. The number of aromatic nitrogens is 1. The van der Waals surface area contributed by atoms with Gasteiger partial charge in [-0.2, -0.15) is 0 Å². The molecule has 0 fully saturated rings. The van der Waals surface area contributed by atoms with Crippen LogP contribution in [0.5, 0.6) is 5.75 Å². The highest BCUT2D eigenvalue weighted by Crippen LogP contribution is 2.27. The molecule has 0 saturated carbocycles. The highest BCUT2D eigenvalue weighted by atomic mass is 32.1. The molecule has 0 radical (unpaired) electrons. The number of nitrogens with zero attached hydrogens (tertiary/aromatic N) is 2. The molecule has 1 amide bonds. The number of benzene rings is 2. The van der Waals surface area contributed by atoms with Gasteiger partial charge >= 0.3 is 0 Å². The van der Waals surface area contributed by atoms with Gasteiger partial charge in [0.2, 0.25) is 0 Å². The lowest BCUT2D eigenvalue weighted by atomic mass is 10.0. The van der Waals surface area contributed by atoms with Crippen LogP contribution < -0.4 is 15.4 Å². The van der Waals surface area contributed by atoms with Gasteiger partial charge in [0.25, 0.3) is 5.91 Å². The lowest BCUT2D eigenvalue weighted by Crippen LogP contribution is -2.38. The van der Waals surface area contributed by atoms with E-state index in [-0.39, 0.29) is 12.5 Å². The third kappa shape index (κ3) is 3.41. The summed E-state index contributed by atoms with van der Waals surface area (Å²) in [7, 11) is 0. The topological polar surface area (TPSA) is 68.5 Å². The highest BCUT2D eigenvalue weighted by Gasteiger charge is 2.22. The number of nitrogen functional groups attached to an aromatic ring is 1. The van der Waals surface area contributed by atoms with Crippen LogP contribution in [0, 0.1) is 0 Å². The number of fused-ring (bicyclic) bond motifs is 1. The lowest BCUT2D eigenvalue weighted by molar-refractivity contribution is -0.120. The van der Waals surface area contributed by atoms with E-state index >= 15 is 0 Å². The standard InChI is InChI=1S/C20H19N3O2S/c21-20-22-17(13-26-20)14-7-9-16(10-8-14)25-12-19(24)23-11-3-5-15-4-1-2-6-18(15)23/h1-2,4,6-10,13H,3,5,11-12H2,(H2,21,22). The Kier molecular flexibility index (Phi) is 4.58. The average Bonchev–Trinajstić information content (AvgIpc) is 3.12. The summed E-state index contributed by atoms with van der Waals surface area (Å²) in [5, 5.41) is 2.47. The Labute approximate surface area is 156 Å². The van der Waals surface area contributed by atoms with Gasteiger partial charge in [0.15, 0.2) is 11.7 Å². The first kappa shape index (κ1) is 16.6. The van der Waals surface area contributed by atoms with E-state index in [9.17, 15) is 4.79 Å². The van der Waals surface area contributed by atoms with Crippen LogP contribution in [-0.4, -0.2) is 24.0 Å². The van der Waals surface area contributed by atoms with E-state index < -0.39 is 0 Å². The Bertz CT molecular complexity index is 921. The predicted octanol–water partition coefficient (Wildman–Crippen LogP) is 3.75. The molecule has 0 aliphatic carbocycles. The molecule has 0 unspecified atom stereocenters. The van der Waals surface area contributed by atoms with Crippen LogP contribution in [0.1, 0.15) is 12.0 Å². The highest BCUT2D eigenvalue weighted by molar-refractivity contribution is 7.13. The van der Waals surface area contributed by atoms with Crippen LogP contribution in [0.4, 0.5) is 10.8 Å². The maximum Gasteiger partial charge on any atom is 0.264 e. The second kappa shape index (κ2) is 7.17. The number of hydrogen-bond donors (Lipinski definition) is 1. The number of nitrogens with two attached hydrogens (primary N) is 1. The summed E-state index contributed by atoms with van der Waals surface area (Å²) >= 11 is 1.41. The fourth-order valence-corrected chi connectivity index (χ4v) is 3.73. The van der Waals surface area contributed by atoms with Gasteiger partial charge in [0.1, 0.15) is 5.75 Å². The molecule has 2 aromatic carbocycles. The number of anilines is 2. The first-order chi connectivity index (χ1) is 12.7. The number of carbonyl (C=O) groups excluding carboxylic acids is 1. The van der Waals surface area contributed by atoms with Crippen LogP contribution in [0.25, 0.3) is 11.3 Å². The Morgan fingerprint density at radius 1 is 1.19 bits per heavy atom. The normalized spacial score (nSPS) is 13.3. The smallest absolute Gasteiger partial charge is 0.264 e. The molecule has 0 saturated heterocycles. The van der Waals surface area contributed by atoms with Crippen molar-refractivity contribution in [3.63, 3.8) is 0 Å². The zero-order valence-electron chi connectivity index (χ0n) is 14.2. The van der Waals surface area contributed by atoms with Crippen molar-refractivity contribution in [1.29, 1.82) is 0 Å². The van der Waals surface area contributed by atoms with E-state index in [2.05, 4.69) is 11.1 Å². The van der Waals surface area contributed by atoms with Crippen molar-refractivity contribution in [2.75, 3.05) is 23.8 Å². The summed E-state index contributed by atoms with van der Waals surface area (Å²) in [6.07, 6.45) is 2.00. The molecular formula is C20H19N3O2S. The molecule has 0 bridgehead atoms. The van der Waals surface area contributed by atoms with Crippen molar-refractivity contribution in [3.8, 4) is 17.0 Å². The lowest BCUT2D eigenvalue weighted by Gasteiger charge is -2.29.